The van der Waals surface area contributed by atoms with Gasteiger partial charge in [-0.25, -0.2) is 18.8 Å². The number of hydrogen-bond acceptors (Lipinski definition) is 7. The SMILES string of the molecule is COC(=O)c1cc(NC(=O)COC(=O)c2cc(Cl)ccc2F)cc(C(=O)OC)c1. The minimum absolute atomic E-state index is 0.0105. The molecule has 8 nitrogen and oxygen atoms in total. The van der Waals surface area contributed by atoms with Crippen molar-refractivity contribution in [3.05, 3.63) is 63.9 Å². The van der Waals surface area contributed by atoms with Crippen LogP contribution in [-0.4, -0.2) is 44.6 Å². The molecule has 0 aliphatic carbocycles. The zero-order valence-corrected chi connectivity index (χ0v) is 16.0. The monoisotopic (exact) mass is 423 g/mol. The van der Waals surface area contributed by atoms with E-state index < -0.39 is 41.8 Å². The Balaban J connectivity index is 2.11. The molecule has 0 aromatic heterocycles. The zero-order valence-electron chi connectivity index (χ0n) is 15.3. The third kappa shape index (κ3) is 5.76. The highest BCUT2D eigenvalue weighted by Gasteiger charge is 2.17. The van der Waals surface area contributed by atoms with E-state index in [-0.39, 0.29) is 21.8 Å². The molecule has 0 radical (unpaired) electrons. The number of rotatable bonds is 6. The van der Waals surface area contributed by atoms with E-state index in [9.17, 15) is 23.6 Å². The Labute approximate surface area is 169 Å². The molecule has 0 atom stereocenters. The maximum absolute atomic E-state index is 13.7. The normalized spacial score (nSPS) is 10.1. The molecule has 0 unspecified atom stereocenters. The molecule has 152 valence electrons. The van der Waals surface area contributed by atoms with Gasteiger partial charge in [-0.05, 0) is 36.4 Å². The van der Waals surface area contributed by atoms with Crippen molar-refractivity contribution in [2.75, 3.05) is 26.1 Å². The largest absolute Gasteiger partial charge is 0.465 e. The van der Waals surface area contributed by atoms with Crippen LogP contribution in [0.3, 0.4) is 0 Å². The van der Waals surface area contributed by atoms with Gasteiger partial charge in [0.05, 0.1) is 30.9 Å². The van der Waals surface area contributed by atoms with E-state index in [4.69, 9.17) is 16.3 Å². The Morgan fingerprint density at radius 3 is 2.07 bits per heavy atom. The van der Waals surface area contributed by atoms with Gasteiger partial charge in [0.1, 0.15) is 5.82 Å². The van der Waals surface area contributed by atoms with Crippen molar-refractivity contribution in [1.29, 1.82) is 0 Å². The number of nitrogens with one attached hydrogen (secondary N) is 1. The van der Waals surface area contributed by atoms with Crippen LogP contribution in [0.5, 0.6) is 0 Å². The molecule has 0 spiro atoms. The predicted molar refractivity (Wildman–Crippen MR) is 99.4 cm³/mol. The van der Waals surface area contributed by atoms with Crippen LogP contribution in [0.15, 0.2) is 36.4 Å². The topological polar surface area (TPSA) is 108 Å². The summed E-state index contributed by atoms with van der Waals surface area (Å²) in [6.45, 7) is -0.749. The molecule has 29 heavy (non-hydrogen) atoms. The van der Waals surface area contributed by atoms with Crippen LogP contribution in [0.2, 0.25) is 5.02 Å². The zero-order chi connectivity index (χ0) is 21.6. The number of carbonyl (C=O) groups is 4. The number of methoxy groups -OCH3 is 2. The summed E-state index contributed by atoms with van der Waals surface area (Å²) in [4.78, 5) is 47.5. The number of hydrogen-bond donors (Lipinski definition) is 1. The van der Waals surface area contributed by atoms with E-state index in [1.807, 2.05) is 0 Å². The number of carbonyl (C=O) groups excluding carboxylic acids is 4. The Morgan fingerprint density at radius 2 is 1.52 bits per heavy atom. The molecule has 0 fully saturated rings. The average Bonchev–Trinajstić information content (AvgIpc) is 2.72. The number of halogens is 2. The molecule has 0 saturated carbocycles. The predicted octanol–water partition coefficient (Wildman–Crippen LogP) is 2.85. The third-order valence-corrected chi connectivity index (χ3v) is 3.78. The molecule has 0 saturated heterocycles. The second-order valence-corrected chi connectivity index (χ2v) is 5.97. The van der Waals surface area contributed by atoms with E-state index in [2.05, 4.69) is 14.8 Å². The molecule has 1 N–H and O–H groups in total. The Kier molecular flexibility index (Phi) is 7.27. The van der Waals surface area contributed by atoms with Crippen molar-refractivity contribution in [2.45, 2.75) is 0 Å². The van der Waals surface area contributed by atoms with Gasteiger partial charge in [-0.2, -0.15) is 0 Å². The summed E-state index contributed by atoms with van der Waals surface area (Å²) < 4.78 is 27.6. The highest BCUT2D eigenvalue weighted by molar-refractivity contribution is 6.30. The van der Waals surface area contributed by atoms with Gasteiger partial charge in [0, 0.05) is 10.7 Å². The molecule has 2 rings (SSSR count). The Bertz CT molecular complexity index is 943. The first-order valence-corrected chi connectivity index (χ1v) is 8.36. The van der Waals surface area contributed by atoms with Crippen LogP contribution >= 0.6 is 11.6 Å². The molecule has 0 bridgehead atoms. The molecule has 0 aliphatic heterocycles. The smallest absolute Gasteiger partial charge is 0.341 e. The van der Waals surface area contributed by atoms with Gasteiger partial charge >= 0.3 is 17.9 Å². The Hall–Kier alpha value is -3.46. The van der Waals surface area contributed by atoms with Gasteiger partial charge in [0.25, 0.3) is 5.91 Å². The van der Waals surface area contributed by atoms with Crippen molar-refractivity contribution < 1.29 is 37.8 Å². The van der Waals surface area contributed by atoms with E-state index in [1.54, 1.807) is 0 Å². The standard InChI is InChI=1S/C19H15ClFNO7/c1-27-17(24)10-5-11(18(25)28-2)7-13(6-10)22-16(23)9-29-19(26)14-8-12(20)3-4-15(14)21/h3-8H,9H2,1-2H3,(H,22,23). The fourth-order valence-corrected chi connectivity index (χ4v) is 2.40. The summed E-state index contributed by atoms with van der Waals surface area (Å²) in [6, 6.07) is 7.07. The highest BCUT2D eigenvalue weighted by atomic mass is 35.5. The summed E-state index contributed by atoms with van der Waals surface area (Å²) in [6.07, 6.45) is 0. The second kappa shape index (κ2) is 9.65. The van der Waals surface area contributed by atoms with E-state index in [0.717, 1.165) is 26.4 Å². The van der Waals surface area contributed by atoms with Crippen LogP contribution in [0.25, 0.3) is 0 Å². The number of ether oxygens (including phenoxy) is 3. The molecular formula is C19H15ClFNO7. The van der Waals surface area contributed by atoms with E-state index >= 15 is 0 Å². The summed E-state index contributed by atoms with van der Waals surface area (Å²) in [5.41, 5.74) is -0.387. The summed E-state index contributed by atoms with van der Waals surface area (Å²) in [7, 11) is 2.31. The molecule has 0 heterocycles. The summed E-state index contributed by atoms with van der Waals surface area (Å²) in [5, 5.41) is 2.48. The lowest BCUT2D eigenvalue weighted by Gasteiger charge is -2.10. The maximum Gasteiger partial charge on any atom is 0.341 e. The maximum atomic E-state index is 13.7. The van der Waals surface area contributed by atoms with Gasteiger partial charge < -0.3 is 19.5 Å². The third-order valence-electron chi connectivity index (χ3n) is 3.54. The number of amides is 1. The van der Waals surface area contributed by atoms with Crippen molar-refractivity contribution in [3.63, 3.8) is 0 Å². The van der Waals surface area contributed by atoms with Gasteiger partial charge in [-0.3, -0.25) is 4.79 Å². The highest BCUT2D eigenvalue weighted by Crippen LogP contribution is 2.18. The molecular weight excluding hydrogens is 409 g/mol. The van der Waals surface area contributed by atoms with Crippen LogP contribution < -0.4 is 5.32 Å². The first-order chi connectivity index (χ1) is 13.7. The number of esters is 3. The fourth-order valence-electron chi connectivity index (χ4n) is 2.23. The first-order valence-electron chi connectivity index (χ1n) is 7.99. The quantitative estimate of drug-likeness (QED) is 0.562. The van der Waals surface area contributed by atoms with Gasteiger partial charge in [0.15, 0.2) is 6.61 Å². The fraction of sp³-hybridized carbons (Fsp3) is 0.158. The van der Waals surface area contributed by atoms with Gasteiger partial charge in [0.2, 0.25) is 0 Å². The van der Waals surface area contributed by atoms with E-state index in [0.29, 0.717) is 0 Å². The summed E-state index contributed by atoms with van der Waals surface area (Å²) in [5.74, 6) is -4.21. The van der Waals surface area contributed by atoms with Gasteiger partial charge in [-0.1, -0.05) is 11.6 Å². The van der Waals surface area contributed by atoms with Crippen molar-refractivity contribution in [2.24, 2.45) is 0 Å². The van der Waals surface area contributed by atoms with Crippen molar-refractivity contribution in [1.82, 2.24) is 0 Å². The lowest BCUT2D eigenvalue weighted by Crippen LogP contribution is -2.22. The number of anilines is 1. The van der Waals surface area contributed by atoms with Crippen molar-refractivity contribution in [3.8, 4) is 0 Å². The lowest BCUT2D eigenvalue weighted by atomic mass is 10.1. The van der Waals surface area contributed by atoms with Crippen LogP contribution in [0, 0.1) is 5.82 Å². The lowest BCUT2D eigenvalue weighted by molar-refractivity contribution is -0.119. The van der Waals surface area contributed by atoms with E-state index in [1.165, 1.54) is 24.3 Å². The molecule has 0 aliphatic rings. The minimum atomic E-state index is -1.08. The molecule has 2 aromatic carbocycles. The Morgan fingerprint density at radius 1 is 0.931 bits per heavy atom. The van der Waals surface area contributed by atoms with Gasteiger partial charge in [-0.15, -0.1) is 0 Å². The molecule has 10 heteroatoms. The minimum Gasteiger partial charge on any atom is -0.465 e. The second-order valence-electron chi connectivity index (χ2n) is 5.53. The molecule has 2 aromatic rings. The molecule has 1 amide bonds. The van der Waals surface area contributed by atoms with Crippen LogP contribution in [0.4, 0.5) is 10.1 Å². The van der Waals surface area contributed by atoms with Crippen LogP contribution in [-0.2, 0) is 19.0 Å². The van der Waals surface area contributed by atoms with Crippen molar-refractivity contribution >= 4 is 41.1 Å². The van der Waals surface area contributed by atoms with Crippen LogP contribution in [0.1, 0.15) is 31.1 Å². The average molecular weight is 424 g/mol. The number of benzene rings is 2. The summed E-state index contributed by atoms with van der Waals surface area (Å²) >= 11 is 5.71. The first kappa shape index (κ1) is 21.8.